The lowest BCUT2D eigenvalue weighted by atomic mass is 10.1. The number of carbonyl (C=O) groups is 1. The molecule has 0 saturated carbocycles. The van der Waals surface area contributed by atoms with E-state index in [9.17, 15) is 9.90 Å². The zero-order valence-electron chi connectivity index (χ0n) is 20.3. The van der Waals surface area contributed by atoms with Crippen LogP contribution in [0.15, 0.2) is 63.7 Å². The summed E-state index contributed by atoms with van der Waals surface area (Å²) in [5, 5.41) is 9.39. The van der Waals surface area contributed by atoms with Gasteiger partial charge in [0.25, 0.3) is 0 Å². The number of hydrogen-bond donors (Lipinski definition) is 1. The van der Waals surface area contributed by atoms with Crippen LogP contribution in [0.5, 0.6) is 0 Å². The predicted molar refractivity (Wildman–Crippen MR) is 144 cm³/mol. The van der Waals surface area contributed by atoms with Crippen molar-refractivity contribution in [3.05, 3.63) is 64.4 Å². The lowest BCUT2D eigenvalue weighted by Crippen LogP contribution is -2.00. The molecule has 0 fully saturated rings. The highest BCUT2D eigenvalue weighted by Gasteiger charge is 2.11. The lowest BCUT2D eigenvalue weighted by molar-refractivity contribution is 0.0693. The Labute approximate surface area is 208 Å². The Morgan fingerprint density at radius 3 is 2.31 bits per heavy atom. The second kappa shape index (κ2) is 20.2. The Bertz CT molecular complexity index is 724. The Balaban J connectivity index is 0.00000220. The average molecular weight is 526 g/mol. The molecule has 0 radical (unpaired) electrons. The van der Waals surface area contributed by atoms with Crippen molar-refractivity contribution < 1.29 is 14.6 Å². The van der Waals surface area contributed by atoms with Gasteiger partial charge in [-0.25, -0.2) is 4.79 Å². The summed E-state index contributed by atoms with van der Waals surface area (Å²) >= 11 is 4.83. The number of carboxylic acids is 1. The fourth-order valence-electron chi connectivity index (χ4n) is 2.58. The van der Waals surface area contributed by atoms with Crippen molar-refractivity contribution in [2.75, 3.05) is 12.4 Å². The van der Waals surface area contributed by atoms with E-state index in [1.54, 1.807) is 12.1 Å². The smallest absolute Gasteiger partial charge is 0.336 e. The summed E-state index contributed by atoms with van der Waals surface area (Å²) < 4.78 is 6.61. The number of halogens is 1. The molecule has 0 atom stereocenters. The number of allylic oxidation sites excluding steroid dienone is 3. The van der Waals surface area contributed by atoms with Crippen molar-refractivity contribution in [2.45, 2.75) is 84.0 Å². The molecule has 0 saturated heterocycles. The monoisotopic (exact) mass is 524 g/mol. The molecule has 0 aliphatic heterocycles. The zero-order chi connectivity index (χ0) is 24.2. The third-order valence-corrected chi connectivity index (χ3v) is 6.37. The second-order valence-electron chi connectivity index (χ2n) is 7.46. The Kier molecular flexibility index (Phi) is 19.2. The zero-order valence-corrected chi connectivity index (χ0v) is 22.7. The normalized spacial score (nSPS) is 11.5. The van der Waals surface area contributed by atoms with Crippen LogP contribution in [-0.4, -0.2) is 23.4 Å². The number of hydrogen-bond acceptors (Lipinski definition) is 3. The summed E-state index contributed by atoms with van der Waals surface area (Å²) in [5.74, 6) is 0.503. The maximum atomic E-state index is 11.4. The second-order valence-corrected chi connectivity index (χ2v) is 9.40. The third kappa shape index (κ3) is 14.6. The number of ether oxygens (including phenoxy) is 1. The third-order valence-electron chi connectivity index (χ3n) is 4.73. The van der Waals surface area contributed by atoms with Crippen LogP contribution in [-0.2, 0) is 4.74 Å². The van der Waals surface area contributed by atoms with Crippen LogP contribution >= 0.6 is 27.7 Å². The van der Waals surface area contributed by atoms with E-state index in [-0.39, 0.29) is 0 Å². The molecule has 1 N–H and O–H groups in total. The average Bonchev–Trinajstić information content (AvgIpc) is 2.80. The highest BCUT2D eigenvalue weighted by Crippen LogP contribution is 2.28. The number of aromatic carboxylic acids is 1. The van der Waals surface area contributed by atoms with Gasteiger partial charge in [0.05, 0.1) is 12.2 Å². The molecule has 0 bridgehead atoms. The van der Waals surface area contributed by atoms with Crippen molar-refractivity contribution in [3.63, 3.8) is 0 Å². The summed E-state index contributed by atoms with van der Waals surface area (Å²) in [4.78, 5) is 12.2. The first-order valence-corrected chi connectivity index (χ1v) is 13.5. The summed E-state index contributed by atoms with van der Waals surface area (Å²) in [6, 6.07) is 5.33. The number of benzene rings is 1. The van der Waals surface area contributed by atoms with E-state index in [4.69, 9.17) is 4.74 Å². The van der Waals surface area contributed by atoms with Gasteiger partial charge in [-0.3, -0.25) is 0 Å². The minimum Gasteiger partial charge on any atom is -0.494 e. The van der Waals surface area contributed by atoms with Crippen molar-refractivity contribution in [1.29, 1.82) is 0 Å². The van der Waals surface area contributed by atoms with E-state index in [2.05, 4.69) is 43.3 Å². The summed E-state index contributed by atoms with van der Waals surface area (Å²) in [7, 11) is 0. The molecule has 1 aromatic rings. The molecule has 0 heterocycles. The number of carboxylic acid groups (broad SMARTS) is 1. The van der Waals surface area contributed by atoms with E-state index in [0.29, 0.717) is 17.9 Å². The van der Waals surface area contributed by atoms with E-state index < -0.39 is 5.97 Å². The summed E-state index contributed by atoms with van der Waals surface area (Å²) in [6.07, 6.45) is 15.7. The Morgan fingerprint density at radius 2 is 1.75 bits per heavy atom. The predicted octanol–water partition coefficient (Wildman–Crippen LogP) is 9.44. The van der Waals surface area contributed by atoms with Crippen molar-refractivity contribution in [2.24, 2.45) is 0 Å². The van der Waals surface area contributed by atoms with Crippen LogP contribution in [0.3, 0.4) is 0 Å². The largest absolute Gasteiger partial charge is 0.494 e. The van der Waals surface area contributed by atoms with Gasteiger partial charge in [0, 0.05) is 15.1 Å². The first kappa shape index (κ1) is 30.5. The first-order chi connectivity index (χ1) is 15.4. The molecule has 0 aliphatic carbocycles. The van der Waals surface area contributed by atoms with Crippen molar-refractivity contribution in [1.82, 2.24) is 0 Å². The number of thioether (sulfide) groups is 1. The van der Waals surface area contributed by atoms with Crippen LogP contribution < -0.4 is 0 Å². The van der Waals surface area contributed by atoms with Crippen molar-refractivity contribution in [3.8, 4) is 0 Å². The Hall–Kier alpha value is -1.46. The van der Waals surface area contributed by atoms with Gasteiger partial charge in [-0.15, -0.1) is 11.8 Å². The lowest BCUT2D eigenvalue weighted by Gasteiger charge is -2.10. The van der Waals surface area contributed by atoms with Gasteiger partial charge >= 0.3 is 5.97 Å². The minimum atomic E-state index is -0.921. The highest BCUT2D eigenvalue weighted by atomic mass is 79.9. The minimum absolute atomic E-state index is 0.307. The molecule has 0 unspecified atom stereocenters. The van der Waals surface area contributed by atoms with Crippen LogP contribution in [0.2, 0.25) is 0 Å². The van der Waals surface area contributed by atoms with Gasteiger partial charge in [-0.05, 0) is 49.3 Å². The molecule has 32 heavy (non-hydrogen) atoms. The maximum absolute atomic E-state index is 11.4. The van der Waals surface area contributed by atoms with Gasteiger partial charge in [-0.1, -0.05) is 94.3 Å². The van der Waals surface area contributed by atoms with Gasteiger partial charge < -0.3 is 9.84 Å². The Morgan fingerprint density at radius 1 is 1.09 bits per heavy atom. The molecule has 0 amide bonds. The SMILES string of the molecule is C=C/C(=C\C(=C/C)CSc1ccc(Br)cc1C(=O)O)OCCCCCCCC.CCCC. The van der Waals surface area contributed by atoms with E-state index >= 15 is 0 Å². The van der Waals surface area contributed by atoms with Crippen LogP contribution in [0.25, 0.3) is 0 Å². The van der Waals surface area contributed by atoms with E-state index in [0.717, 1.165) is 27.1 Å². The summed E-state index contributed by atoms with van der Waals surface area (Å²) in [6.45, 7) is 13.1. The molecule has 180 valence electrons. The maximum Gasteiger partial charge on any atom is 0.336 e. The molecule has 1 rings (SSSR count). The van der Waals surface area contributed by atoms with E-state index in [1.807, 2.05) is 31.2 Å². The molecule has 1 aromatic carbocycles. The molecular formula is C27H41BrO3S. The molecular weight excluding hydrogens is 484 g/mol. The van der Waals surface area contributed by atoms with Crippen LogP contribution in [0, 0.1) is 0 Å². The van der Waals surface area contributed by atoms with Gasteiger partial charge in [0.1, 0.15) is 5.76 Å². The van der Waals surface area contributed by atoms with Gasteiger partial charge in [0.2, 0.25) is 0 Å². The first-order valence-electron chi connectivity index (χ1n) is 11.7. The van der Waals surface area contributed by atoms with Crippen molar-refractivity contribution >= 4 is 33.7 Å². The fraction of sp³-hybridized carbons (Fsp3) is 0.519. The molecule has 3 nitrogen and oxygen atoms in total. The quantitative estimate of drug-likeness (QED) is 0.107. The number of rotatable bonds is 15. The highest BCUT2D eigenvalue weighted by molar-refractivity contribution is 9.10. The van der Waals surface area contributed by atoms with E-state index in [1.165, 1.54) is 56.7 Å². The molecule has 0 aliphatic rings. The molecule has 0 spiro atoms. The molecule has 5 heteroatoms. The topological polar surface area (TPSA) is 46.5 Å². The fourth-order valence-corrected chi connectivity index (χ4v) is 3.98. The van der Waals surface area contributed by atoms with Crippen LogP contribution in [0.4, 0.5) is 0 Å². The van der Waals surface area contributed by atoms with Gasteiger partial charge in [-0.2, -0.15) is 0 Å². The van der Waals surface area contributed by atoms with Gasteiger partial charge in [0.15, 0.2) is 0 Å². The number of unbranched alkanes of at least 4 members (excludes halogenated alkanes) is 6. The molecule has 0 aromatic heterocycles. The summed E-state index contributed by atoms with van der Waals surface area (Å²) in [5.41, 5.74) is 1.38. The standard InChI is InChI=1S/C23H31BrO3S.C4H10/c1-4-7-8-9-10-11-14-27-20(6-3)15-18(5-2)17-28-22-13-12-19(24)16-21(22)23(25)26;1-3-4-2/h5-6,12-13,15-16H,3-4,7-11,14,17H2,1-2H3,(H,25,26);3-4H2,1-2H3/b18-5+,20-15+;. The van der Waals surface area contributed by atoms with Crippen LogP contribution in [0.1, 0.15) is 89.4 Å².